The maximum absolute atomic E-state index is 12.8. The number of aryl methyl sites for hydroxylation is 1. The molecule has 0 aliphatic rings. The quantitative estimate of drug-likeness (QED) is 0.459. The third kappa shape index (κ3) is 3.21. The van der Waals surface area contributed by atoms with Crippen LogP contribution in [-0.2, 0) is 4.74 Å². The van der Waals surface area contributed by atoms with Gasteiger partial charge in [-0.1, -0.05) is 78.4 Å². The lowest BCUT2D eigenvalue weighted by Crippen LogP contribution is -2.11. The normalized spacial score (nSPS) is 10.6. The summed E-state index contributed by atoms with van der Waals surface area (Å²) in [6.45, 7) is 2.04. The van der Waals surface area contributed by atoms with Crippen molar-refractivity contribution in [3.05, 3.63) is 96.2 Å². The summed E-state index contributed by atoms with van der Waals surface area (Å²) in [6, 6.07) is 27.6. The second-order valence-corrected chi connectivity index (χ2v) is 6.54. The van der Waals surface area contributed by atoms with Gasteiger partial charge in [0.25, 0.3) is 0 Å². The molecule has 0 N–H and O–H groups in total. The van der Waals surface area contributed by atoms with E-state index in [2.05, 4.69) is 0 Å². The fourth-order valence-corrected chi connectivity index (χ4v) is 3.25. The summed E-state index contributed by atoms with van der Waals surface area (Å²) in [4.78, 5) is 12.8. The molecule has 4 rings (SSSR count). The van der Waals surface area contributed by atoms with Gasteiger partial charge in [0.2, 0.25) is 0 Å². The van der Waals surface area contributed by atoms with Gasteiger partial charge in [-0.3, -0.25) is 0 Å². The molecule has 0 bridgehead atoms. The van der Waals surface area contributed by atoms with Crippen LogP contribution in [0.15, 0.2) is 84.9 Å². The highest BCUT2D eigenvalue weighted by molar-refractivity contribution is 6.00. The Morgan fingerprint density at radius 2 is 1.43 bits per heavy atom. The SMILES string of the molecule is COC(=O)c1c(-c2ccc(C)cc2)c(-c2ccccc2)nn1-c1ccccc1. The first-order chi connectivity index (χ1) is 13.7. The molecule has 0 saturated carbocycles. The molecule has 0 unspecified atom stereocenters. The number of esters is 1. The Labute approximate surface area is 164 Å². The maximum atomic E-state index is 12.8. The lowest BCUT2D eigenvalue weighted by molar-refractivity contribution is 0.0591. The van der Waals surface area contributed by atoms with Gasteiger partial charge in [0.1, 0.15) is 5.69 Å². The van der Waals surface area contributed by atoms with Gasteiger partial charge in [0.15, 0.2) is 5.69 Å². The maximum Gasteiger partial charge on any atom is 0.357 e. The van der Waals surface area contributed by atoms with Crippen molar-refractivity contribution < 1.29 is 9.53 Å². The Balaban J connectivity index is 2.07. The number of hydrogen-bond donors (Lipinski definition) is 0. The van der Waals surface area contributed by atoms with Crippen LogP contribution < -0.4 is 0 Å². The number of carbonyl (C=O) groups is 1. The zero-order valence-electron chi connectivity index (χ0n) is 15.8. The Hall–Kier alpha value is -3.66. The van der Waals surface area contributed by atoms with E-state index in [1.807, 2.05) is 91.9 Å². The van der Waals surface area contributed by atoms with E-state index in [0.29, 0.717) is 5.69 Å². The van der Waals surface area contributed by atoms with Crippen LogP contribution in [0.2, 0.25) is 0 Å². The first-order valence-corrected chi connectivity index (χ1v) is 9.08. The summed E-state index contributed by atoms with van der Waals surface area (Å²) in [7, 11) is 1.39. The van der Waals surface area contributed by atoms with Crippen molar-refractivity contribution in [1.29, 1.82) is 0 Å². The molecular formula is C24H20N2O2. The molecule has 4 aromatic rings. The molecule has 1 heterocycles. The fourth-order valence-electron chi connectivity index (χ4n) is 3.25. The minimum Gasteiger partial charge on any atom is -0.464 e. The number of hydrogen-bond acceptors (Lipinski definition) is 3. The van der Waals surface area contributed by atoms with Crippen LogP contribution in [0.1, 0.15) is 16.1 Å². The van der Waals surface area contributed by atoms with Crippen molar-refractivity contribution in [3.8, 4) is 28.1 Å². The van der Waals surface area contributed by atoms with Gasteiger partial charge in [0.05, 0.1) is 12.8 Å². The monoisotopic (exact) mass is 368 g/mol. The second kappa shape index (κ2) is 7.53. The summed E-state index contributed by atoms with van der Waals surface area (Å²) < 4.78 is 6.80. The van der Waals surface area contributed by atoms with Crippen LogP contribution in [0.3, 0.4) is 0 Å². The van der Waals surface area contributed by atoms with Crippen LogP contribution in [0.25, 0.3) is 28.1 Å². The number of ether oxygens (including phenoxy) is 1. The number of para-hydroxylation sites is 1. The molecule has 0 fully saturated rings. The standard InChI is InChI=1S/C24H20N2O2/c1-17-13-15-18(16-14-17)21-22(19-9-5-3-6-10-19)25-26(23(21)24(27)28-2)20-11-7-4-8-12-20/h3-16H,1-2H3. The van der Waals surface area contributed by atoms with Gasteiger partial charge < -0.3 is 4.74 Å². The largest absolute Gasteiger partial charge is 0.464 e. The molecular weight excluding hydrogens is 348 g/mol. The number of carbonyl (C=O) groups excluding carboxylic acids is 1. The molecule has 0 saturated heterocycles. The Kier molecular flexibility index (Phi) is 4.77. The molecule has 4 heteroatoms. The molecule has 28 heavy (non-hydrogen) atoms. The number of aromatic nitrogens is 2. The number of rotatable bonds is 4. The van der Waals surface area contributed by atoms with Crippen molar-refractivity contribution in [2.24, 2.45) is 0 Å². The van der Waals surface area contributed by atoms with E-state index in [9.17, 15) is 4.79 Å². The van der Waals surface area contributed by atoms with Crippen molar-refractivity contribution >= 4 is 5.97 Å². The van der Waals surface area contributed by atoms with Gasteiger partial charge in [-0.25, -0.2) is 9.48 Å². The molecule has 0 spiro atoms. The molecule has 0 amide bonds. The molecule has 0 aliphatic heterocycles. The predicted octanol–water partition coefficient (Wildman–Crippen LogP) is 5.30. The summed E-state index contributed by atoms with van der Waals surface area (Å²) in [5.74, 6) is -0.422. The summed E-state index contributed by atoms with van der Waals surface area (Å²) >= 11 is 0. The van der Waals surface area contributed by atoms with E-state index in [1.165, 1.54) is 7.11 Å². The minimum atomic E-state index is -0.422. The fraction of sp³-hybridized carbons (Fsp3) is 0.0833. The van der Waals surface area contributed by atoms with Crippen LogP contribution in [-0.4, -0.2) is 22.9 Å². The van der Waals surface area contributed by atoms with Crippen LogP contribution >= 0.6 is 0 Å². The van der Waals surface area contributed by atoms with Crippen molar-refractivity contribution in [2.45, 2.75) is 6.92 Å². The Bertz CT molecular complexity index is 1100. The zero-order valence-corrected chi connectivity index (χ0v) is 15.8. The average molecular weight is 368 g/mol. The summed E-state index contributed by atoms with van der Waals surface area (Å²) in [6.07, 6.45) is 0. The predicted molar refractivity (Wildman–Crippen MR) is 111 cm³/mol. The number of benzene rings is 3. The van der Waals surface area contributed by atoms with Gasteiger partial charge in [-0.05, 0) is 24.6 Å². The molecule has 0 aliphatic carbocycles. The molecule has 0 radical (unpaired) electrons. The van der Waals surface area contributed by atoms with Crippen LogP contribution in [0, 0.1) is 6.92 Å². The van der Waals surface area contributed by atoms with E-state index >= 15 is 0 Å². The topological polar surface area (TPSA) is 44.1 Å². The van der Waals surface area contributed by atoms with E-state index < -0.39 is 5.97 Å². The average Bonchev–Trinajstić information content (AvgIpc) is 3.15. The summed E-state index contributed by atoms with van der Waals surface area (Å²) in [5.41, 5.74) is 5.75. The zero-order chi connectivity index (χ0) is 19.5. The molecule has 1 aromatic heterocycles. The van der Waals surface area contributed by atoms with Crippen molar-refractivity contribution in [2.75, 3.05) is 7.11 Å². The number of methoxy groups -OCH3 is 1. The third-order valence-corrected chi connectivity index (χ3v) is 4.65. The highest BCUT2D eigenvalue weighted by Crippen LogP contribution is 2.36. The van der Waals surface area contributed by atoms with Gasteiger partial charge >= 0.3 is 5.97 Å². The first kappa shape index (κ1) is 17.7. The lowest BCUT2D eigenvalue weighted by Gasteiger charge is -2.09. The minimum absolute atomic E-state index is 0.413. The molecule has 0 atom stereocenters. The second-order valence-electron chi connectivity index (χ2n) is 6.54. The van der Waals surface area contributed by atoms with Gasteiger partial charge in [-0.15, -0.1) is 0 Å². The molecule has 3 aromatic carbocycles. The van der Waals surface area contributed by atoms with Crippen molar-refractivity contribution in [1.82, 2.24) is 9.78 Å². The van der Waals surface area contributed by atoms with E-state index in [0.717, 1.165) is 33.6 Å². The first-order valence-electron chi connectivity index (χ1n) is 9.08. The molecule has 4 nitrogen and oxygen atoms in total. The molecule has 138 valence electrons. The van der Waals surface area contributed by atoms with E-state index in [1.54, 1.807) is 4.68 Å². The highest BCUT2D eigenvalue weighted by atomic mass is 16.5. The number of nitrogens with zero attached hydrogens (tertiary/aromatic N) is 2. The van der Waals surface area contributed by atoms with E-state index in [4.69, 9.17) is 9.84 Å². The van der Waals surface area contributed by atoms with Gasteiger partial charge in [-0.2, -0.15) is 5.10 Å². The summed E-state index contributed by atoms with van der Waals surface area (Å²) in [5, 5.41) is 4.83. The van der Waals surface area contributed by atoms with Gasteiger partial charge in [0, 0.05) is 11.1 Å². The van der Waals surface area contributed by atoms with Crippen molar-refractivity contribution in [3.63, 3.8) is 0 Å². The Morgan fingerprint density at radius 1 is 0.821 bits per heavy atom. The Morgan fingerprint density at radius 3 is 2.04 bits per heavy atom. The van der Waals surface area contributed by atoms with Crippen LogP contribution in [0.4, 0.5) is 0 Å². The van der Waals surface area contributed by atoms with E-state index in [-0.39, 0.29) is 0 Å². The third-order valence-electron chi connectivity index (χ3n) is 4.65. The lowest BCUT2D eigenvalue weighted by atomic mass is 9.98. The smallest absolute Gasteiger partial charge is 0.357 e. The van der Waals surface area contributed by atoms with Crippen LogP contribution in [0.5, 0.6) is 0 Å². The highest BCUT2D eigenvalue weighted by Gasteiger charge is 2.27.